The fraction of sp³-hybridized carbons (Fsp3) is 0.956. The van der Waals surface area contributed by atoms with Crippen LogP contribution in [0.5, 0.6) is 0 Å². The van der Waals surface area contributed by atoms with E-state index in [1.807, 2.05) is 0 Å². The molecule has 0 saturated carbocycles. The smallest absolute Gasteiger partial charge is 0.306 e. The molecule has 0 aromatic carbocycles. The van der Waals surface area contributed by atoms with Gasteiger partial charge in [-0.05, 0) is 76.8 Å². The van der Waals surface area contributed by atoms with Crippen LogP contribution in [0.1, 0.15) is 233 Å². The van der Waals surface area contributed by atoms with Crippen molar-refractivity contribution in [2.24, 2.45) is 11.7 Å². The molecular formula is C45H90N2O4. The van der Waals surface area contributed by atoms with Crippen molar-refractivity contribution in [2.45, 2.75) is 239 Å². The van der Waals surface area contributed by atoms with Crippen molar-refractivity contribution in [3.8, 4) is 0 Å². The van der Waals surface area contributed by atoms with Crippen molar-refractivity contribution in [1.29, 1.82) is 0 Å². The van der Waals surface area contributed by atoms with E-state index < -0.39 is 0 Å². The normalized spacial score (nSPS) is 12.2. The maximum Gasteiger partial charge on any atom is 0.306 e. The SMILES string of the molecule is CCCCCCCCCC(C)COC(=O)CCCCCN(CCN)CCCCCCCC(=O)OC(CCCCCCCC)CCCCCCCC. The number of esters is 2. The number of carbonyl (C=O) groups excluding carboxylic acids is 2. The van der Waals surface area contributed by atoms with Gasteiger partial charge in [0, 0.05) is 25.9 Å². The second-order valence-corrected chi connectivity index (χ2v) is 15.9. The molecule has 0 saturated heterocycles. The summed E-state index contributed by atoms with van der Waals surface area (Å²) in [4.78, 5) is 27.4. The third kappa shape index (κ3) is 37.0. The van der Waals surface area contributed by atoms with Crippen molar-refractivity contribution in [1.82, 2.24) is 4.90 Å². The molecule has 0 aliphatic rings. The Morgan fingerprint density at radius 3 is 1.37 bits per heavy atom. The molecular weight excluding hydrogens is 633 g/mol. The third-order valence-corrected chi connectivity index (χ3v) is 10.5. The zero-order valence-corrected chi connectivity index (χ0v) is 35.0. The number of carbonyl (C=O) groups is 2. The minimum absolute atomic E-state index is 0.0210. The monoisotopic (exact) mass is 723 g/mol. The lowest BCUT2D eigenvalue weighted by Gasteiger charge is -2.21. The van der Waals surface area contributed by atoms with E-state index in [0.717, 1.165) is 71.0 Å². The van der Waals surface area contributed by atoms with Gasteiger partial charge in [-0.25, -0.2) is 0 Å². The molecule has 0 amide bonds. The third-order valence-electron chi connectivity index (χ3n) is 10.5. The molecule has 0 aliphatic carbocycles. The van der Waals surface area contributed by atoms with Gasteiger partial charge in [0.25, 0.3) is 0 Å². The van der Waals surface area contributed by atoms with Crippen LogP contribution in [0.15, 0.2) is 0 Å². The van der Waals surface area contributed by atoms with Crippen molar-refractivity contribution < 1.29 is 19.1 Å². The molecule has 0 bridgehead atoms. The van der Waals surface area contributed by atoms with Crippen LogP contribution < -0.4 is 5.73 Å². The summed E-state index contributed by atoms with van der Waals surface area (Å²) in [7, 11) is 0. The van der Waals surface area contributed by atoms with Crippen molar-refractivity contribution in [3.05, 3.63) is 0 Å². The predicted octanol–water partition coefficient (Wildman–Crippen LogP) is 12.9. The summed E-state index contributed by atoms with van der Waals surface area (Å²) in [5.41, 5.74) is 5.91. The van der Waals surface area contributed by atoms with E-state index >= 15 is 0 Å². The molecule has 0 spiro atoms. The number of rotatable bonds is 41. The highest BCUT2D eigenvalue weighted by Gasteiger charge is 2.14. The number of unbranched alkanes of at least 4 members (excludes halogenated alkanes) is 22. The highest BCUT2D eigenvalue weighted by atomic mass is 16.5. The molecule has 0 rings (SSSR count). The fourth-order valence-corrected chi connectivity index (χ4v) is 7.09. The van der Waals surface area contributed by atoms with Gasteiger partial charge in [-0.1, -0.05) is 163 Å². The highest BCUT2D eigenvalue weighted by Crippen LogP contribution is 2.19. The molecule has 0 aromatic heterocycles. The minimum atomic E-state index is -0.0327. The van der Waals surface area contributed by atoms with E-state index in [9.17, 15) is 9.59 Å². The Morgan fingerprint density at radius 1 is 0.490 bits per heavy atom. The van der Waals surface area contributed by atoms with Gasteiger partial charge >= 0.3 is 11.9 Å². The van der Waals surface area contributed by atoms with Gasteiger partial charge in [0.1, 0.15) is 6.10 Å². The van der Waals surface area contributed by atoms with Gasteiger partial charge in [-0.15, -0.1) is 0 Å². The predicted molar refractivity (Wildman–Crippen MR) is 220 cm³/mol. The average Bonchev–Trinajstić information content (AvgIpc) is 3.12. The van der Waals surface area contributed by atoms with Crippen LogP contribution >= 0.6 is 0 Å². The summed E-state index contributed by atoms with van der Waals surface area (Å²) in [6.45, 7) is 13.3. The van der Waals surface area contributed by atoms with Crippen LogP contribution in [-0.4, -0.2) is 55.7 Å². The van der Waals surface area contributed by atoms with Crippen LogP contribution in [0.3, 0.4) is 0 Å². The molecule has 6 heteroatoms. The first kappa shape index (κ1) is 49.9. The summed E-state index contributed by atoms with van der Waals surface area (Å²) in [6.07, 6.45) is 37.8. The largest absolute Gasteiger partial charge is 0.465 e. The quantitative estimate of drug-likeness (QED) is 0.0500. The standard InChI is InChI=1S/C45H90N2O4/c1-5-8-11-14-17-19-25-32-42(4)41-50-44(48)35-29-24-31-39-47(40-37-46)38-30-23-18-22-28-36-45(49)51-43(33-26-20-15-12-9-6-2)34-27-21-16-13-10-7-3/h42-43H,5-41,46H2,1-4H3. The number of nitrogens with zero attached hydrogens (tertiary/aromatic N) is 1. The van der Waals surface area contributed by atoms with Gasteiger partial charge in [-0.2, -0.15) is 0 Å². The van der Waals surface area contributed by atoms with E-state index in [2.05, 4.69) is 32.6 Å². The van der Waals surface area contributed by atoms with Gasteiger partial charge in [0.15, 0.2) is 0 Å². The lowest BCUT2D eigenvalue weighted by atomic mass is 10.0. The summed E-state index contributed by atoms with van der Waals surface area (Å²) in [6, 6.07) is 0. The van der Waals surface area contributed by atoms with Crippen LogP contribution in [-0.2, 0) is 19.1 Å². The van der Waals surface area contributed by atoms with Crippen molar-refractivity contribution >= 4 is 11.9 Å². The molecule has 6 nitrogen and oxygen atoms in total. The Morgan fingerprint density at radius 2 is 0.882 bits per heavy atom. The first-order valence-corrected chi connectivity index (χ1v) is 22.7. The minimum Gasteiger partial charge on any atom is -0.465 e. The summed E-state index contributed by atoms with van der Waals surface area (Å²) < 4.78 is 11.6. The van der Waals surface area contributed by atoms with E-state index in [1.54, 1.807) is 0 Å². The maximum atomic E-state index is 12.7. The summed E-state index contributed by atoms with van der Waals surface area (Å²) in [5, 5.41) is 0. The Bertz CT molecular complexity index is 717. The summed E-state index contributed by atoms with van der Waals surface area (Å²) in [5.74, 6) is 0.449. The van der Waals surface area contributed by atoms with Crippen molar-refractivity contribution in [2.75, 3.05) is 32.8 Å². The Balaban J connectivity index is 4.02. The number of ether oxygens (including phenoxy) is 2. The van der Waals surface area contributed by atoms with Crippen LogP contribution in [0.2, 0.25) is 0 Å². The Kier molecular flexibility index (Phi) is 39.2. The molecule has 0 aromatic rings. The molecule has 304 valence electrons. The highest BCUT2D eigenvalue weighted by molar-refractivity contribution is 5.69. The van der Waals surface area contributed by atoms with Crippen LogP contribution in [0, 0.1) is 5.92 Å². The Hall–Kier alpha value is -1.14. The molecule has 2 N–H and O–H groups in total. The molecule has 0 heterocycles. The number of hydrogen-bond donors (Lipinski definition) is 1. The first-order valence-electron chi connectivity index (χ1n) is 22.7. The Labute approximate surface area is 318 Å². The molecule has 51 heavy (non-hydrogen) atoms. The fourth-order valence-electron chi connectivity index (χ4n) is 7.09. The lowest BCUT2D eigenvalue weighted by molar-refractivity contribution is -0.150. The van der Waals surface area contributed by atoms with Crippen LogP contribution in [0.25, 0.3) is 0 Å². The molecule has 0 fully saturated rings. The van der Waals surface area contributed by atoms with Gasteiger partial charge in [0.05, 0.1) is 6.61 Å². The zero-order valence-electron chi connectivity index (χ0n) is 35.0. The second-order valence-electron chi connectivity index (χ2n) is 15.9. The lowest BCUT2D eigenvalue weighted by Crippen LogP contribution is -2.31. The maximum absolute atomic E-state index is 12.7. The van der Waals surface area contributed by atoms with Gasteiger partial charge in [-0.3, -0.25) is 9.59 Å². The molecule has 0 radical (unpaired) electrons. The van der Waals surface area contributed by atoms with E-state index in [4.69, 9.17) is 15.2 Å². The van der Waals surface area contributed by atoms with E-state index in [-0.39, 0.29) is 18.0 Å². The van der Waals surface area contributed by atoms with E-state index in [0.29, 0.717) is 31.9 Å². The topological polar surface area (TPSA) is 81.9 Å². The summed E-state index contributed by atoms with van der Waals surface area (Å²) >= 11 is 0. The average molecular weight is 723 g/mol. The number of hydrogen-bond acceptors (Lipinski definition) is 6. The first-order chi connectivity index (χ1) is 25.0. The van der Waals surface area contributed by atoms with Crippen LogP contribution in [0.4, 0.5) is 0 Å². The van der Waals surface area contributed by atoms with Gasteiger partial charge in [0.2, 0.25) is 0 Å². The second kappa shape index (κ2) is 40.1. The van der Waals surface area contributed by atoms with Crippen molar-refractivity contribution in [3.63, 3.8) is 0 Å². The molecule has 0 aliphatic heterocycles. The van der Waals surface area contributed by atoms with E-state index in [1.165, 1.54) is 141 Å². The molecule has 1 unspecified atom stereocenters. The molecule has 1 atom stereocenters. The van der Waals surface area contributed by atoms with Gasteiger partial charge < -0.3 is 20.1 Å². The zero-order chi connectivity index (χ0) is 37.5. The number of nitrogens with two attached hydrogens (primary N) is 1.